The van der Waals surface area contributed by atoms with E-state index in [1.807, 2.05) is 6.92 Å². The number of hydrogen-bond donors (Lipinski definition) is 3. The summed E-state index contributed by atoms with van der Waals surface area (Å²) in [6.45, 7) is 1.96. The van der Waals surface area contributed by atoms with Crippen LogP contribution in [0.5, 0.6) is 0 Å². The standard InChI is InChI=1S/C21H17Cl2N5O3/c1-2-9-21(12-25,13-3-5-14(22)6-4-13)16-8-7-15(10-17(16)23)27-28-18(11-24)19(29)26-20(30)31/h3-8,10,27H,2,9H2,1H3,(H,26,29)(H,30,31)/b28-18+. The van der Waals surface area contributed by atoms with E-state index in [0.29, 0.717) is 22.7 Å². The van der Waals surface area contributed by atoms with Crippen molar-refractivity contribution in [2.24, 2.45) is 5.10 Å². The molecule has 2 aromatic rings. The van der Waals surface area contributed by atoms with E-state index < -0.39 is 23.1 Å². The molecule has 3 N–H and O–H groups in total. The monoisotopic (exact) mass is 457 g/mol. The molecule has 31 heavy (non-hydrogen) atoms. The summed E-state index contributed by atoms with van der Waals surface area (Å²) in [7, 11) is 0. The summed E-state index contributed by atoms with van der Waals surface area (Å²) in [6, 6.07) is 15.6. The van der Waals surface area contributed by atoms with Crippen molar-refractivity contribution in [3.05, 3.63) is 63.6 Å². The lowest BCUT2D eigenvalue weighted by molar-refractivity contribution is -0.114. The molecule has 8 nitrogen and oxygen atoms in total. The number of halogens is 2. The summed E-state index contributed by atoms with van der Waals surface area (Å²) in [4.78, 5) is 22.1. The van der Waals surface area contributed by atoms with Crippen LogP contribution in [0.15, 0.2) is 47.6 Å². The summed E-state index contributed by atoms with van der Waals surface area (Å²) < 4.78 is 0. The molecule has 0 saturated heterocycles. The van der Waals surface area contributed by atoms with Gasteiger partial charge in [0.25, 0.3) is 5.91 Å². The molecule has 0 aliphatic heterocycles. The summed E-state index contributed by atoms with van der Waals surface area (Å²) in [5.41, 5.74) is 2.48. The molecular formula is C21H17Cl2N5O3. The number of nitriles is 2. The van der Waals surface area contributed by atoms with Crippen molar-refractivity contribution in [2.45, 2.75) is 25.2 Å². The summed E-state index contributed by atoms with van der Waals surface area (Å²) >= 11 is 12.5. The Morgan fingerprint density at radius 3 is 2.35 bits per heavy atom. The van der Waals surface area contributed by atoms with Crippen LogP contribution in [0.25, 0.3) is 0 Å². The van der Waals surface area contributed by atoms with Gasteiger partial charge in [-0.3, -0.25) is 15.5 Å². The highest BCUT2D eigenvalue weighted by Crippen LogP contribution is 2.41. The van der Waals surface area contributed by atoms with Crippen LogP contribution < -0.4 is 10.7 Å². The van der Waals surface area contributed by atoms with Gasteiger partial charge in [-0.15, -0.1) is 0 Å². The summed E-state index contributed by atoms with van der Waals surface area (Å²) in [6.07, 6.45) is -0.364. The highest BCUT2D eigenvalue weighted by atomic mass is 35.5. The Morgan fingerprint density at radius 1 is 1.16 bits per heavy atom. The molecule has 0 aliphatic rings. The first-order chi connectivity index (χ1) is 14.8. The summed E-state index contributed by atoms with van der Waals surface area (Å²) in [5.74, 6) is -1.17. The fourth-order valence-corrected chi connectivity index (χ4v) is 3.53. The van der Waals surface area contributed by atoms with Crippen molar-refractivity contribution in [3.63, 3.8) is 0 Å². The maximum Gasteiger partial charge on any atom is 0.411 e. The summed E-state index contributed by atoms with van der Waals surface area (Å²) in [5, 5.41) is 33.6. The number of carboxylic acid groups (broad SMARTS) is 1. The van der Waals surface area contributed by atoms with Crippen LogP contribution in [0.4, 0.5) is 10.5 Å². The number of nitrogens with zero attached hydrogens (tertiary/aromatic N) is 3. The largest absolute Gasteiger partial charge is 0.465 e. The van der Waals surface area contributed by atoms with E-state index in [4.69, 9.17) is 33.6 Å². The second-order valence-corrected chi connectivity index (χ2v) is 7.26. The lowest BCUT2D eigenvalue weighted by Crippen LogP contribution is -2.34. The van der Waals surface area contributed by atoms with E-state index in [1.165, 1.54) is 17.5 Å². The first-order valence-corrected chi connectivity index (χ1v) is 9.78. The molecule has 0 spiro atoms. The van der Waals surface area contributed by atoms with Crippen molar-refractivity contribution < 1.29 is 14.7 Å². The Bertz CT molecular complexity index is 1100. The van der Waals surface area contributed by atoms with Gasteiger partial charge in [-0.05, 0) is 41.8 Å². The van der Waals surface area contributed by atoms with Gasteiger partial charge in [-0.2, -0.15) is 15.6 Å². The molecule has 0 fully saturated rings. The SMILES string of the molecule is CCCC(C#N)(c1ccc(Cl)cc1)c1ccc(N/N=C(\C#N)C(=O)NC(=O)O)cc1Cl. The average Bonchev–Trinajstić information content (AvgIpc) is 2.73. The quantitative estimate of drug-likeness (QED) is 0.407. The normalized spacial score (nSPS) is 12.7. The molecule has 2 aromatic carbocycles. The zero-order valence-corrected chi connectivity index (χ0v) is 17.8. The Hall–Kier alpha value is -3.59. The first kappa shape index (κ1) is 23.7. The van der Waals surface area contributed by atoms with Crippen molar-refractivity contribution in [1.29, 1.82) is 10.5 Å². The molecule has 1 unspecified atom stereocenters. The van der Waals surface area contributed by atoms with Gasteiger partial charge >= 0.3 is 6.09 Å². The number of hydrogen-bond acceptors (Lipinski definition) is 6. The van der Waals surface area contributed by atoms with E-state index in [2.05, 4.69) is 16.6 Å². The molecule has 158 valence electrons. The van der Waals surface area contributed by atoms with Gasteiger partial charge < -0.3 is 5.11 Å². The van der Waals surface area contributed by atoms with E-state index in [-0.39, 0.29) is 5.02 Å². The van der Waals surface area contributed by atoms with Crippen molar-refractivity contribution in [1.82, 2.24) is 5.32 Å². The van der Waals surface area contributed by atoms with E-state index in [9.17, 15) is 14.9 Å². The molecular weight excluding hydrogens is 441 g/mol. The number of amides is 2. The van der Waals surface area contributed by atoms with Crippen LogP contribution in [0.1, 0.15) is 30.9 Å². The fraction of sp³-hybridized carbons (Fsp3) is 0.190. The van der Waals surface area contributed by atoms with Gasteiger partial charge in [0.1, 0.15) is 11.5 Å². The third-order valence-electron chi connectivity index (χ3n) is 4.42. The van der Waals surface area contributed by atoms with Crippen molar-refractivity contribution >= 4 is 46.6 Å². The highest BCUT2D eigenvalue weighted by Gasteiger charge is 2.35. The Balaban J connectivity index is 2.41. The molecule has 2 rings (SSSR count). The number of hydrazone groups is 1. The van der Waals surface area contributed by atoms with Crippen LogP contribution in [0.2, 0.25) is 10.0 Å². The lowest BCUT2D eigenvalue weighted by atomic mass is 9.72. The van der Waals surface area contributed by atoms with Gasteiger partial charge in [0.05, 0.1) is 11.8 Å². The molecule has 10 heteroatoms. The molecule has 0 aromatic heterocycles. The van der Waals surface area contributed by atoms with Crippen LogP contribution in [-0.4, -0.2) is 22.8 Å². The van der Waals surface area contributed by atoms with Gasteiger partial charge in [-0.1, -0.05) is 54.7 Å². The average molecular weight is 458 g/mol. The highest BCUT2D eigenvalue weighted by molar-refractivity contribution is 6.46. The third-order valence-corrected chi connectivity index (χ3v) is 4.98. The van der Waals surface area contributed by atoms with Crippen LogP contribution in [-0.2, 0) is 10.2 Å². The van der Waals surface area contributed by atoms with Crippen LogP contribution in [0, 0.1) is 22.7 Å². The Kier molecular flexibility index (Phi) is 7.98. The maximum atomic E-state index is 11.6. The fourth-order valence-electron chi connectivity index (χ4n) is 3.06. The van der Waals surface area contributed by atoms with Crippen molar-refractivity contribution in [2.75, 3.05) is 5.43 Å². The molecule has 2 amide bonds. The number of imide groups is 1. The topological polar surface area (TPSA) is 138 Å². The lowest BCUT2D eigenvalue weighted by Gasteiger charge is -2.28. The number of benzene rings is 2. The predicted octanol–water partition coefficient (Wildman–Crippen LogP) is 4.69. The zero-order chi connectivity index (χ0) is 23.0. The number of nitrogens with one attached hydrogen (secondary N) is 2. The Morgan fingerprint density at radius 2 is 1.84 bits per heavy atom. The minimum atomic E-state index is -1.61. The molecule has 0 heterocycles. The van der Waals surface area contributed by atoms with Gasteiger partial charge in [-0.25, -0.2) is 4.79 Å². The molecule has 0 saturated carbocycles. The number of rotatable bonds is 7. The maximum absolute atomic E-state index is 11.6. The Labute approximate surface area is 188 Å². The number of anilines is 1. The molecule has 1 atom stereocenters. The van der Waals surface area contributed by atoms with Gasteiger partial charge in [0.15, 0.2) is 0 Å². The molecule has 0 radical (unpaired) electrons. The van der Waals surface area contributed by atoms with Gasteiger partial charge in [0, 0.05) is 10.0 Å². The van der Waals surface area contributed by atoms with Crippen LogP contribution in [0.3, 0.4) is 0 Å². The van der Waals surface area contributed by atoms with Crippen molar-refractivity contribution in [3.8, 4) is 12.1 Å². The minimum absolute atomic E-state index is 0.277. The van der Waals surface area contributed by atoms with E-state index in [1.54, 1.807) is 36.4 Å². The predicted molar refractivity (Wildman–Crippen MR) is 117 cm³/mol. The first-order valence-electron chi connectivity index (χ1n) is 9.02. The smallest absolute Gasteiger partial charge is 0.411 e. The number of carbonyl (C=O) groups excluding carboxylic acids is 1. The van der Waals surface area contributed by atoms with Crippen LogP contribution >= 0.6 is 23.2 Å². The van der Waals surface area contributed by atoms with E-state index in [0.717, 1.165) is 12.0 Å². The molecule has 0 aliphatic carbocycles. The van der Waals surface area contributed by atoms with E-state index >= 15 is 0 Å². The molecule has 0 bridgehead atoms. The second kappa shape index (κ2) is 10.4. The van der Waals surface area contributed by atoms with Gasteiger partial charge in [0.2, 0.25) is 5.71 Å². The number of carbonyl (C=O) groups is 2. The second-order valence-electron chi connectivity index (χ2n) is 6.41. The minimum Gasteiger partial charge on any atom is -0.465 e. The zero-order valence-electron chi connectivity index (χ0n) is 16.3. The third kappa shape index (κ3) is 5.52.